The zero-order chi connectivity index (χ0) is 14.6. The van der Waals surface area contributed by atoms with Crippen LogP contribution in [-0.2, 0) is 9.73 Å². The minimum absolute atomic E-state index is 0.120. The zero-order valence-corrected chi connectivity index (χ0v) is 13.0. The number of aliphatic hydroxyl groups is 1. The average Bonchev–Trinajstić information content (AvgIpc) is 2.48. The quantitative estimate of drug-likeness (QED) is 0.925. The van der Waals surface area contributed by atoms with Crippen LogP contribution in [0.3, 0.4) is 0 Å². The van der Waals surface area contributed by atoms with Crippen LogP contribution < -0.4 is 0 Å². The first-order valence-electron chi connectivity index (χ1n) is 7.15. The third-order valence-corrected chi connectivity index (χ3v) is 6.06. The Kier molecular flexibility index (Phi) is 5.00. The van der Waals surface area contributed by atoms with Gasteiger partial charge in [-0.2, -0.15) is 0 Å². The lowest BCUT2D eigenvalue weighted by molar-refractivity contribution is 0.129. The molecule has 0 bridgehead atoms. The second kappa shape index (κ2) is 6.55. The molecule has 2 rings (SSSR count). The van der Waals surface area contributed by atoms with E-state index < -0.39 is 15.8 Å². The van der Waals surface area contributed by atoms with Crippen molar-refractivity contribution in [3.63, 3.8) is 0 Å². The van der Waals surface area contributed by atoms with Gasteiger partial charge in [-0.3, -0.25) is 0 Å². The molecule has 0 aliphatic heterocycles. The van der Waals surface area contributed by atoms with Gasteiger partial charge in [0.1, 0.15) is 0 Å². The van der Waals surface area contributed by atoms with Crippen LogP contribution in [0.5, 0.6) is 0 Å². The summed E-state index contributed by atoms with van der Waals surface area (Å²) in [6.45, 7) is 1.82. The van der Waals surface area contributed by atoms with Crippen molar-refractivity contribution in [1.82, 2.24) is 0 Å². The highest BCUT2D eigenvalue weighted by molar-refractivity contribution is 7.96. The van der Waals surface area contributed by atoms with Crippen molar-refractivity contribution in [3.8, 4) is 0 Å². The number of benzene rings is 1. The Balaban J connectivity index is 2.42. The summed E-state index contributed by atoms with van der Waals surface area (Å²) in [4.78, 5) is 0.741. The number of rotatable bonds is 3. The first kappa shape index (κ1) is 15.3. The lowest BCUT2D eigenvalue weighted by Crippen LogP contribution is -2.22. The van der Waals surface area contributed by atoms with Crippen LogP contribution >= 0.6 is 0 Å². The summed E-state index contributed by atoms with van der Waals surface area (Å²) in [7, 11) is -0.916. The fourth-order valence-corrected chi connectivity index (χ4v) is 4.51. The Morgan fingerprint density at radius 2 is 2.05 bits per heavy atom. The maximum Gasteiger partial charge on any atom is 0.0966 e. The summed E-state index contributed by atoms with van der Waals surface area (Å²) in [5.74, 6) is 0.120. The molecule has 0 aromatic heterocycles. The second-order valence-corrected chi connectivity index (χ2v) is 7.56. The van der Waals surface area contributed by atoms with Gasteiger partial charge in [-0.15, -0.1) is 0 Å². The minimum atomic E-state index is -2.52. The molecule has 1 aromatic rings. The molecule has 1 aliphatic carbocycles. The van der Waals surface area contributed by atoms with Gasteiger partial charge >= 0.3 is 0 Å². The molecule has 0 radical (unpaired) electrons. The molecule has 3 nitrogen and oxygen atoms in total. The second-order valence-electron chi connectivity index (χ2n) is 5.35. The summed E-state index contributed by atoms with van der Waals surface area (Å²) in [5.41, 5.74) is 1.10. The van der Waals surface area contributed by atoms with E-state index in [0.29, 0.717) is 0 Å². The van der Waals surface area contributed by atoms with Crippen LogP contribution in [0.25, 0.3) is 0 Å². The number of nitrogens with zero attached hydrogens (tertiary/aromatic N) is 1. The zero-order valence-electron chi connectivity index (χ0n) is 12.2. The van der Waals surface area contributed by atoms with Gasteiger partial charge < -0.3 is 5.11 Å². The molecule has 1 unspecified atom stereocenters. The van der Waals surface area contributed by atoms with E-state index in [4.69, 9.17) is 0 Å². The average molecular weight is 293 g/mol. The summed E-state index contributed by atoms with van der Waals surface area (Å²) in [5, 5.41) is 11.7. The fraction of sp³-hybridized carbons (Fsp3) is 0.500. The van der Waals surface area contributed by atoms with Crippen molar-refractivity contribution >= 4 is 9.73 Å². The minimum Gasteiger partial charge on any atom is -0.393 e. The van der Waals surface area contributed by atoms with Gasteiger partial charge in [-0.25, -0.2) is 8.57 Å². The first-order valence-corrected chi connectivity index (χ1v) is 8.73. The van der Waals surface area contributed by atoms with Gasteiger partial charge in [-0.1, -0.05) is 30.2 Å². The maximum atomic E-state index is 13.1. The van der Waals surface area contributed by atoms with E-state index in [2.05, 4.69) is 4.36 Å². The molecular weight excluding hydrogens is 270 g/mol. The molecule has 4 heteroatoms. The SMILES string of the molecule is CN=S(=O)(/C=C1/CCCC[C@H]1[C@H](C)O)c1ccccc1. The summed E-state index contributed by atoms with van der Waals surface area (Å²) < 4.78 is 17.2. The highest BCUT2D eigenvalue weighted by Crippen LogP contribution is 2.33. The molecule has 1 saturated carbocycles. The third kappa shape index (κ3) is 3.30. The van der Waals surface area contributed by atoms with Gasteiger partial charge in [0, 0.05) is 18.4 Å². The standard InChI is InChI=1S/C16H23NO2S/c1-13(18)16-11-7-6-8-14(16)12-20(19,17-2)15-9-4-3-5-10-15/h3-5,9-10,12-13,16,18H,6-8,11H2,1-2H3/b14-12-/t13-,16-,20?/m0/s1. The predicted octanol–water partition coefficient (Wildman–Crippen LogP) is 3.60. The lowest BCUT2D eigenvalue weighted by Gasteiger charge is -2.28. The molecular formula is C16H23NO2S. The molecule has 0 amide bonds. The summed E-state index contributed by atoms with van der Waals surface area (Å²) in [6, 6.07) is 9.38. The van der Waals surface area contributed by atoms with E-state index in [1.54, 1.807) is 7.05 Å². The van der Waals surface area contributed by atoms with Gasteiger partial charge in [0.15, 0.2) is 0 Å². The summed E-state index contributed by atoms with van der Waals surface area (Å²) >= 11 is 0. The Bertz CT molecular complexity index is 584. The fourth-order valence-electron chi connectivity index (χ4n) is 2.81. The predicted molar refractivity (Wildman–Crippen MR) is 82.9 cm³/mol. The molecule has 1 aromatic carbocycles. The smallest absolute Gasteiger partial charge is 0.0966 e. The molecule has 1 N–H and O–H groups in total. The van der Waals surface area contributed by atoms with Crippen LogP contribution in [0.2, 0.25) is 0 Å². The Hall–Kier alpha value is -1.13. The largest absolute Gasteiger partial charge is 0.393 e. The van der Waals surface area contributed by atoms with E-state index in [1.165, 1.54) is 0 Å². The maximum absolute atomic E-state index is 13.1. The Morgan fingerprint density at radius 1 is 1.35 bits per heavy atom. The normalized spacial score (nSPS) is 25.9. The molecule has 1 fully saturated rings. The van der Waals surface area contributed by atoms with Gasteiger partial charge in [0.2, 0.25) is 0 Å². The van der Waals surface area contributed by atoms with E-state index in [1.807, 2.05) is 42.7 Å². The monoisotopic (exact) mass is 293 g/mol. The van der Waals surface area contributed by atoms with E-state index in [9.17, 15) is 9.32 Å². The van der Waals surface area contributed by atoms with Crippen LogP contribution in [0.15, 0.2) is 50.6 Å². The van der Waals surface area contributed by atoms with E-state index >= 15 is 0 Å². The topological polar surface area (TPSA) is 49.7 Å². The molecule has 3 atom stereocenters. The van der Waals surface area contributed by atoms with E-state index in [0.717, 1.165) is 36.2 Å². The van der Waals surface area contributed by atoms with Crippen molar-refractivity contribution < 1.29 is 9.32 Å². The van der Waals surface area contributed by atoms with Crippen LogP contribution in [0.4, 0.5) is 0 Å². The highest BCUT2D eigenvalue weighted by Gasteiger charge is 2.24. The van der Waals surface area contributed by atoms with Crippen LogP contribution in [0, 0.1) is 5.92 Å². The Morgan fingerprint density at radius 3 is 2.65 bits per heavy atom. The van der Waals surface area contributed by atoms with Crippen molar-refractivity contribution in [1.29, 1.82) is 0 Å². The number of hydrogen-bond acceptors (Lipinski definition) is 3. The molecule has 110 valence electrons. The molecule has 0 saturated heterocycles. The number of hydrogen-bond donors (Lipinski definition) is 1. The van der Waals surface area contributed by atoms with Crippen molar-refractivity contribution in [3.05, 3.63) is 41.3 Å². The highest BCUT2D eigenvalue weighted by atomic mass is 32.2. The third-order valence-electron chi connectivity index (χ3n) is 3.95. The van der Waals surface area contributed by atoms with E-state index in [-0.39, 0.29) is 5.92 Å². The molecule has 0 spiro atoms. The molecule has 1 aliphatic rings. The van der Waals surface area contributed by atoms with Crippen molar-refractivity contribution in [2.24, 2.45) is 10.3 Å². The lowest BCUT2D eigenvalue weighted by atomic mass is 9.82. The van der Waals surface area contributed by atoms with Gasteiger partial charge in [-0.05, 0) is 38.3 Å². The number of aliphatic hydroxyl groups excluding tert-OH is 1. The van der Waals surface area contributed by atoms with Crippen LogP contribution in [0.1, 0.15) is 32.6 Å². The van der Waals surface area contributed by atoms with Crippen molar-refractivity contribution in [2.75, 3.05) is 7.05 Å². The first-order chi connectivity index (χ1) is 9.57. The van der Waals surface area contributed by atoms with Gasteiger partial charge in [0.05, 0.1) is 20.7 Å². The van der Waals surface area contributed by atoms with Crippen molar-refractivity contribution in [2.45, 2.75) is 43.6 Å². The Labute approximate surface area is 121 Å². The molecule has 0 heterocycles. The summed E-state index contributed by atoms with van der Waals surface area (Å²) in [6.07, 6.45) is 3.72. The van der Waals surface area contributed by atoms with Crippen LogP contribution in [-0.4, -0.2) is 22.5 Å². The van der Waals surface area contributed by atoms with Gasteiger partial charge in [0.25, 0.3) is 0 Å². The molecule has 20 heavy (non-hydrogen) atoms.